The summed E-state index contributed by atoms with van der Waals surface area (Å²) in [6, 6.07) is 6.24. The fraction of sp³-hybridized carbons (Fsp3) is 0.609. The van der Waals surface area contributed by atoms with Crippen molar-refractivity contribution < 1.29 is 24.5 Å². The number of benzene rings is 1. The zero-order valence-electron chi connectivity index (χ0n) is 17.7. The van der Waals surface area contributed by atoms with Crippen molar-refractivity contribution in [3.8, 4) is 11.5 Å². The Morgan fingerprint density at radius 3 is 2.66 bits per heavy atom. The molecule has 0 amide bonds. The van der Waals surface area contributed by atoms with Gasteiger partial charge in [0.15, 0.2) is 11.5 Å². The van der Waals surface area contributed by atoms with Crippen LogP contribution in [0.4, 0.5) is 0 Å². The topological polar surface area (TPSA) is 79.2 Å². The van der Waals surface area contributed by atoms with Gasteiger partial charge in [-0.2, -0.15) is 0 Å². The second kappa shape index (κ2) is 11.2. The van der Waals surface area contributed by atoms with Crippen molar-refractivity contribution in [2.75, 3.05) is 26.3 Å². The normalized spacial score (nSPS) is 23.9. The molecular formula is C23H35NO5. The Morgan fingerprint density at radius 2 is 2.03 bits per heavy atom. The van der Waals surface area contributed by atoms with E-state index in [2.05, 4.69) is 23.6 Å². The summed E-state index contributed by atoms with van der Waals surface area (Å²) in [5.74, 6) is 1.58. The highest BCUT2D eigenvalue weighted by Gasteiger charge is 2.44. The molecule has 1 aliphatic carbocycles. The molecule has 1 saturated carbocycles. The molecule has 6 nitrogen and oxygen atoms in total. The van der Waals surface area contributed by atoms with E-state index in [9.17, 15) is 5.11 Å². The Hall–Kier alpha value is -2.05. The molecule has 2 fully saturated rings. The van der Waals surface area contributed by atoms with Crippen LogP contribution in [0.3, 0.4) is 0 Å². The van der Waals surface area contributed by atoms with Crippen LogP contribution < -0.4 is 9.47 Å². The molecule has 2 N–H and O–H groups in total. The van der Waals surface area contributed by atoms with Crippen molar-refractivity contribution in [3.63, 3.8) is 0 Å². The molecule has 2 atom stereocenters. The van der Waals surface area contributed by atoms with Gasteiger partial charge in [0.05, 0.1) is 12.7 Å². The van der Waals surface area contributed by atoms with Gasteiger partial charge >= 0.3 is 0 Å². The third kappa shape index (κ3) is 6.47. The van der Waals surface area contributed by atoms with Crippen LogP contribution in [0.25, 0.3) is 0 Å². The minimum atomic E-state index is -0.250. The Balaban J connectivity index is 0.000000941. The van der Waals surface area contributed by atoms with E-state index >= 15 is 0 Å². The maximum atomic E-state index is 10.5. The number of hydrogen-bond acceptors (Lipinski definition) is 5. The highest BCUT2D eigenvalue weighted by atomic mass is 16.5. The lowest BCUT2D eigenvalue weighted by molar-refractivity contribution is -0.122. The van der Waals surface area contributed by atoms with Crippen LogP contribution in [0.5, 0.6) is 11.5 Å². The number of ether oxygens (including phenoxy) is 2. The van der Waals surface area contributed by atoms with Gasteiger partial charge in [0.25, 0.3) is 6.47 Å². The minimum absolute atomic E-state index is 0.123. The van der Waals surface area contributed by atoms with Crippen LogP contribution in [0.15, 0.2) is 30.4 Å². The first-order valence-electron chi connectivity index (χ1n) is 10.4. The molecule has 1 saturated heterocycles. The zero-order valence-corrected chi connectivity index (χ0v) is 17.7. The van der Waals surface area contributed by atoms with Gasteiger partial charge in [-0.25, -0.2) is 0 Å². The van der Waals surface area contributed by atoms with E-state index in [0.717, 1.165) is 49.5 Å². The average Bonchev–Trinajstić information content (AvgIpc) is 3.01. The molecule has 0 aromatic heterocycles. The van der Waals surface area contributed by atoms with Crippen molar-refractivity contribution >= 4 is 6.47 Å². The van der Waals surface area contributed by atoms with Crippen LogP contribution in [-0.4, -0.2) is 54.0 Å². The summed E-state index contributed by atoms with van der Waals surface area (Å²) in [5, 5.41) is 17.4. The van der Waals surface area contributed by atoms with Crippen molar-refractivity contribution in [1.82, 2.24) is 4.90 Å². The molecule has 162 valence electrons. The maximum Gasteiger partial charge on any atom is 0.290 e. The molecule has 6 heteroatoms. The van der Waals surface area contributed by atoms with E-state index in [1.807, 2.05) is 19.9 Å². The summed E-state index contributed by atoms with van der Waals surface area (Å²) in [4.78, 5) is 10.9. The first-order chi connectivity index (χ1) is 13.9. The summed E-state index contributed by atoms with van der Waals surface area (Å²) in [6.07, 6.45) is 5.53. The van der Waals surface area contributed by atoms with Gasteiger partial charge in [-0.05, 0) is 69.3 Å². The predicted octanol–water partition coefficient (Wildman–Crippen LogP) is 3.87. The van der Waals surface area contributed by atoms with E-state index < -0.39 is 0 Å². The summed E-state index contributed by atoms with van der Waals surface area (Å²) in [7, 11) is 0. The zero-order chi connectivity index (χ0) is 21.3. The predicted molar refractivity (Wildman–Crippen MR) is 113 cm³/mol. The molecule has 0 bridgehead atoms. The summed E-state index contributed by atoms with van der Waals surface area (Å²) in [5.41, 5.74) is 2.36. The summed E-state index contributed by atoms with van der Waals surface area (Å²) < 4.78 is 11.6. The molecule has 2 aliphatic rings. The summed E-state index contributed by atoms with van der Waals surface area (Å²) in [6.45, 7) is 11.7. The van der Waals surface area contributed by atoms with Gasteiger partial charge in [-0.15, -0.1) is 0 Å². The summed E-state index contributed by atoms with van der Waals surface area (Å²) >= 11 is 0. The number of hydrogen-bond donors (Lipinski definition) is 2. The molecule has 0 unspecified atom stereocenters. The second-order valence-corrected chi connectivity index (χ2v) is 8.15. The smallest absolute Gasteiger partial charge is 0.290 e. The van der Waals surface area contributed by atoms with Gasteiger partial charge in [0.2, 0.25) is 0 Å². The van der Waals surface area contributed by atoms with Gasteiger partial charge in [-0.1, -0.05) is 19.1 Å². The number of carboxylic acid groups (broad SMARTS) is 1. The van der Waals surface area contributed by atoms with Crippen molar-refractivity contribution in [3.05, 3.63) is 35.9 Å². The highest BCUT2D eigenvalue weighted by molar-refractivity contribution is 5.43. The Morgan fingerprint density at radius 1 is 1.31 bits per heavy atom. The number of likely N-dealkylation sites (tertiary alicyclic amines) is 1. The van der Waals surface area contributed by atoms with Crippen LogP contribution in [0, 0.1) is 5.41 Å². The standard InChI is InChI=1S/C22H33NO3.CH2O2/c1-4-25-20-13-18(8-9-19(20)26-15-17(2)3)14-23-12-6-11-22(16-23)10-5-7-21(22)24;2-1-3/h8-9,13,21,24H,2,4-7,10-12,14-16H2,1,3H3;1H,(H,2,3)/t21-,22-;/m1./s1. The number of rotatable bonds is 7. The number of piperidine rings is 1. The van der Waals surface area contributed by atoms with E-state index in [1.54, 1.807) is 0 Å². The third-order valence-corrected chi connectivity index (χ3v) is 5.73. The highest BCUT2D eigenvalue weighted by Crippen LogP contribution is 2.45. The lowest BCUT2D eigenvalue weighted by atomic mass is 9.76. The third-order valence-electron chi connectivity index (χ3n) is 5.73. The quantitative estimate of drug-likeness (QED) is 0.530. The van der Waals surface area contributed by atoms with E-state index in [0.29, 0.717) is 13.2 Å². The second-order valence-electron chi connectivity index (χ2n) is 8.15. The lowest BCUT2D eigenvalue weighted by Crippen LogP contribution is -2.46. The van der Waals surface area contributed by atoms with Crippen molar-refractivity contribution in [1.29, 1.82) is 0 Å². The van der Waals surface area contributed by atoms with Crippen molar-refractivity contribution in [2.45, 2.75) is 58.6 Å². The minimum Gasteiger partial charge on any atom is -0.490 e. The Bertz CT molecular complexity index is 677. The Kier molecular flexibility index (Phi) is 8.99. The van der Waals surface area contributed by atoms with Gasteiger partial charge in [0.1, 0.15) is 6.61 Å². The molecule has 1 heterocycles. The number of aliphatic hydroxyl groups excluding tert-OH is 1. The van der Waals surface area contributed by atoms with Gasteiger partial charge in [-0.3, -0.25) is 9.69 Å². The van der Waals surface area contributed by atoms with Crippen LogP contribution in [0.1, 0.15) is 51.5 Å². The average molecular weight is 406 g/mol. The first kappa shape index (κ1) is 23.2. The molecule has 1 spiro atoms. The molecule has 3 rings (SSSR count). The van der Waals surface area contributed by atoms with E-state index in [1.165, 1.54) is 24.8 Å². The molecular weight excluding hydrogens is 370 g/mol. The fourth-order valence-corrected chi connectivity index (χ4v) is 4.49. The van der Waals surface area contributed by atoms with Crippen LogP contribution >= 0.6 is 0 Å². The molecule has 29 heavy (non-hydrogen) atoms. The molecule has 0 radical (unpaired) electrons. The van der Waals surface area contributed by atoms with Crippen LogP contribution in [-0.2, 0) is 11.3 Å². The van der Waals surface area contributed by atoms with Gasteiger partial charge < -0.3 is 19.7 Å². The largest absolute Gasteiger partial charge is 0.490 e. The Labute approximate surface area is 174 Å². The van der Waals surface area contributed by atoms with Crippen LogP contribution in [0.2, 0.25) is 0 Å². The van der Waals surface area contributed by atoms with Crippen molar-refractivity contribution in [2.24, 2.45) is 5.41 Å². The lowest BCUT2D eigenvalue weighted by Gasteiger charge is -2.42. The number of carbonyl (C=O) groups is 1. The first-order valence-corrected chi connectivity index (χ1v) is 10.4. The number of nitrogens with zero attached hydrogens (tertiary/aromatic N) is 1. The number of aliphatic hydroxyl groups is 1. The molecule has 1 aromatic rings. The fourth-order valence-electron chi connectivity index (χ4n) is 4.49. The molecule has 1 aromatic carbocycles. The van der Waals surface area contributed by atoms with E-state index in [-0.39, 0.29) is 18.0 Å². The maximum absolute atomic E-state index is 10.5. The van der Waals surface area contributed by atoms with Gasteiger partial charge in [0, 0.05) is 18.5 Å². The monoisotopic (exact) mass is 405 g/mol. The van der Waals surface area contributed by atoms with E-state index in [4.69, 9.17) is 19.4 Å². The SMILES string of the molecule is C=C(C)COc1ccc(CN2CCC[C@]3(CCC[C@H]3O)C2)cc1OCC.O=CO. The molecule has 1 aliphatic heterocycles.